The third-order valence-electron chi connectivity index (χ3n) is 1.40. The van der Waals surface area contributed by atoms with Crippen LogP contribution in [0.15, 0.2) is 4.99 Å². The Labute approximate surface area is 49.2 Å². The van der Waals surface area contributed by atoms with E-state index in [4.69, 9.17) is 5.11 Å². The van der Waals surface area contributed by atoms with Crippen molar-refractivity contribution in [3.8, 4) is 0 Å². The lowest BCUT2D eigenvalue weighted by molar-refractivity contribution is 0.257. The zero-order valence-electron chi connectivity index (χ0n) is 4.88. The Kier molecular flexibility index (Phi) is 2.03. The zero-order chi connectivity index (χ0) is 5.82. The highest BCUT2D eigenvalue weighted by Crippen LogP contribution is 2.07. The van der Waals surface area contributed by atoms with E-state index in [1.807, 2.05) is 6.21 Å². The summed E-state index contributed by atoms with van der Waals surface area (Å²) in [5.41, 5.74) is 0. The van der Waals surface area contributed by atoms with Crippen molar-refractivity contribution in [2.75, 3.05) is 6.61 Å². The largest absolute Gasteiger partial charge is 0.394 e. The van der Waals surface area contributed by atoms with Crippen molar-refractivity contribution in [1.82, 2.24) is 0 Å². The lowest BCUT2D eigenvalue weighted by Gasteiger charge is -2.11. The van der Waals surface area contributed by atoms with E-state index in [-0.39, 0.29) is 12.6 Å². The van der Waals surface area contributed by atoms with Crippen molar-refractivity contribution < 1.29 is 5.11 Å². The fourth-order valence-corrected chi connectivity index (χ4v) is 0.881. The first-order valence-electron chi connectivity index (χ1n) is 3.06. The first-order valence-corrected chi connectivity index (χ1v) is 3.06. The predicted octanol–water partition coefficient (Wildman–Crippen LogP) is 0.602. The minimum atomic E-state index is 0.212. The van der Waals surface area contributed by atoms with Gasteiger partial charge in [0.15, 0.2) is 0 Å². The van der Waals surface area contributed by atoms with Gasteiger partial charge in [-0.25, -0.2) is 0 Å². The highest BCUT2D eigenvalue weighted by Gasteiger charge is 2.05. The van der Waals surface area contributed by atoms with Crippen molar-refractivity contribution in [1.29, 1.82) is 0 Å². The lowest BCUT2D eigenvalue weighted by Crippen LogP contribution is -2.13. The highest BCUT2D eigenvalue weighted by atomic mass is 16.3. The number of rotatable bonds is 1. The monoisotopic (exact) mass is 113 g/mol. The van der Waals surface area contributed by atoms with Crippen LogP contribution >= 0.6 is 0 Å². The Balaban J connectivity index is 2.32. The maximum absolute atomic E-state index is 8.58. The minimum absolute atomic E-state index is 0.212. The summed E-state index contributed by atoms with van der Waals surface area (Å²) in [6.45, 7) is 0.219. The molecule has 1 atom stereocenters. The van der Waals surface area contributed by atoms with Crippen LogP contribution < -0.4 is 0 Å². The minimum Gasteiger partial charge on any atom is -0.394 e. The van der Waals surface area contributed by atoms with Gasteiger partial charge in [0.25, 0.3) is 0 Å². The third kappa shape index (κ3) is 1.30. The molecule has 0 saturated carbocycles. The van der Waals surface area contributed by atoms with E-state index < -0.39 is 0 Å². The van der Waals surface area contributed by atoms with E-state index >= 15 is 0 Å². The highest BCUT2D eigenvalue weighted by molar-refractivity contribution is 5.58. The summed E-state index contributed by atoms with van der Waals surface area (Å²) in [4.78, 5) is 4.07. The summed E-state index contributed by atoms with van der Waals surface area (Å²) in [5, 5.41) is 8.58. The van der Waals surface area contributed by atoms with E-state index in [0.29, 0.717) is 0 Å². The summed E-state index contributed by atoms with van der Waals surface area (Å²) in [7, 11) is 0. The average molecular weight is 113 g/mol. The van der Waals surface area contributed by atoms with Crippen LogP contribution in [0.1, 0.15) is 19.3 Å². The first kappa shape index (κ1) is 5.76. The van der Waals surface area contributed by atoms with E-state index in [2.05, 4.69) is 4.99 Å². The topological polar surface area (TPSA) is 32.6 Å². The molecule has 0 aliphatic carbocycles. The summed E-state index contributed by atoms with van der Waals surface area (Å²) >= 11 is 0. The molecule has 0 aromatic heterocycles. The molecule has 0 radical (unpaired) electrons. The molecular weight excluding hydrogens is 102 g/mol. The van der Waals surface area contributed by atoms with Crippen LogP contribution in [0, 0.1) is 0 Å². The molecule has 0 amide bonds. The quantitative estimate of drug-likeness (QED) is 0.530. The molecule has 1 unspecified atom stereocenters. The van der Waals surface area contributed by atoms with E-state index in [1.165, 1.54) is 6.42 Å². The fourth-order valence-electron chi connectivity index (χ4n) is 0.881. The third-order valence-corrected chi connectivity index (χ3v) is 1.40. The second kappa shape index (κ2) is 2.82. The second-order valence-electron chi connectivity index (χ2n) is 2.10. The predicted molar refractivity (Wildman–Crippen MR) is 33.2 cm³/mol. The molecule has 0 saturated heterocycles. The van der Waals surface area contributed by atoms with Crippen molar-refractivity contribution >= 4 is 6.21 Å². The standard InChI is InChI=1S/C6H11NO/c8-5-6-3-1-2-4-7-6/h4,6,8H,1-3,5H2. The Morgan fingerprint density at radius 3 is 3.00 bits per heavy atom. The summed E-state index contributed by atoms with van der Waals surface area (Å²) < 4.78 is 0. The molecule has 2 heteroatoms. The molecule has 1 rings (SSSR count). The van der Waals surface area contributed by atoms with Crippen LogP contribution in [0.25, 0.3) is 0 Å². The number of aliphatic hydroxyl groups is 1. The molecule has 0 bridgehead atoms. The van der Waals surface area contributed by atoms with Gasteiger partial charge in [-0.3, -0.25) is 4.99 Å². The Morgan fingerprint density at radius 2 is 2.62 bits per heavy atom. The SMILES string of the molecule is OCC1CCCC=N1. The number of aliphatic imine (C=N–C) groups is 1. The van der Waals surface area contributed by atoms with Crippen molar-refractivity contribution in [3.05, 3.63) is 0 Å². The molecule has 0 fully saturated rings. The van der Waals surface area contributed by atoms with Gasteiger partial charge in [0.05, 0.1) is 12.6 Å². The van der Waals surface area contributed by atoms with Gasteiger partial charge in [-0.15, -0.1) is 0 Å². The van der Waals surface area contributed by atoms with Crippen molar-refractivity contribution in [3.63, 3.8) is 0 Å². The van der Waals surface area contributed by atoms with Gasteiger partial charge in [0, 0.05) is 0 Å². The van der Waals surface area contributed by atoms with Crippen LogP contribution in [-0.4, -0.2) is 24.0 Å². The Hall–Kier alpha value is -0.370. The lowest BCUT2D eigenvalue weighted by atomic mass is 10.1. The van der Waals surface area contributed by atoms with Gasteiger partial charge in [0.1, 0.15) is 0 Å². The van der Waals surface area contributed by atoms with E-state index in [9.17, 15) is 0 Å². The molecule has 1 aliphatic heterocycles. The summed E-state index contributed by atoms with van der Waals surface area (Å²) in [6, 6.07) is 0.212. The molecule has 2 nitrogen and oxygen atoms in total. The Bertz CT molecular complexity index is 90.5. The van der Waals surface area contributed by atoms with Crippen LogP contribution in [0.5, 0.6) is 0 Å². The van der Waals surface area contributed by atoms with Gasteiger partial charge >= 0.3 is 0 Å². The number of hydrogen-bond acceptors (Lipinski definition) is 2. The Morgan fingerprint density at radius 1 is 1.75 bits per heavy atom. The smallest absolute Gasteiger partial charge is 0.0726 e. The fraction of sp³-hybridized carbons (Fsp3) is 0.833. The van der Waals surface area contributed by atoms with E-state index in [1.54, 1.807) is 0 Å². The van der Waals surface area contributed by atoms with Crippen LogP contribution in [-0.2, 0) is 0 Å². The van der Waals surface area contributed by atoms with Crippen LogP contribution in [0.3, 0.4) is 0 Å². The first-order chi connectivity index (χ1) is 3.93. The van der Waals surface area contributed by atoms with Gasteiger partial charge in [-0.2, -0.15) is 0 Å². The molecule has 1 heterocycles. The summed E-state index contributed by atoms with van der Waals surface area (Å²) in [5.74, 6) is 0. The molecule has 1 aliphatic rings. The normalized spacial score (nSPS) is 28.4. The number of nitrogens with zero attached hydrogens (tertiary/aromatic N) is 1. The van der Waals surface area contributed by atoms with Crippen molar-refractivity contribution in [2.24, 2.45) is 4.99 Å². The molecule has 8 heavy (non-hydrogen) atoms. The maximum Gasteiger partial charge on any atom is 0.0726 e. The number of hydrogen-bond donors (Lipinski definition) is 1. The van der Waals surface area contributed by atoms with Gasteiger partial charge in [-0.05, 0) is 25.5 Å². The van der Waals surface area contributed by atoms with E-state index in [0.717, 1.165) is 12.8 Å². The molecule has 0 aromatic carbocycles. The molecular formula is C6H11NO. The van der Waals surface area contributed by atoms with Gasteiger partial charge in [0.2, 0.25) is 0 Å². The molecule has 0 aromatic rings. The van der Waals surface area contributed by atoms with Gasteiger partial charge < -0.3 is 5.11 Å². The zero-order valence-corrected chi connectivity index (χ0v) is 4.88. The van der Waals surface area contributed by atoms with Crippen LogP contribution in [0.2, 0.25) is 0 Å². The van der Waals surface area contributed by atoms with Crippen LogP contribution in [0.4, 0.5) is 0 Å². The summed E-state index contributed by atoms with van der Waals surface area (Å²) in [6.07, 6.45) is 5.25. The van der Waals surface area contributed by atoms with Crippen molar-refractivity contribution in [2.45, 2.75) is 25.3 Å². The second-order valence-corrected chi connectivity index (χ2v) is 2.10. The molecule has 1 N–H and O–H groups in total. The maximum atomic E-state index is 8.58. The number of aliphatic hydroxyl groups excluding tert-OH is 1. The average Bonchev–Trinajstić information content (AvgIpc) is 1.90. The molecule has 46 valence electrons. The van der Waals surface area contributed by atoms with Gasteiger partial charge in [-0.1, -0.05) is 0 Å². The molecule has 0 spiro atoms.